The number of rotatable bonds is 6. The third-order valence-electron chi connectivity index (χ3n) is 4.19. The Morgan fingerprint density at radius 1 is 1.15 bits per heavy atom. The van der Waals surface area contributed by atoms with Gasteiger partial charge < -0.3 is 19.4 Å². The highest BCUT2D eigenvalue weighted by Gasteiger charge is 2.23. The van der Waals surface area contributed by atoms with E-state index in [4.69, 9.17) is 9.47 Å². The zero-order valence-electron chi connectivity index (χ0n) is 15.3. The normalized spacial score (nSPS) is 11.7. The van der Waals surface area contributed by atoms with Crippen LogP contribution < -0.4 is 14.8 Å². The maximum absolute atomic E-state index is 12.9. The molecule has 0 bridgehead atoms. The van der Waals surface area contributed by atoms with Crippen molar-refractivity contribution in [1.29, 1.82) is 0 Å². The highest BCUT2D eigenvalue weighted by atomic mass is 127. The van der Waals surface area contributed by atoms with Gasteiger partial charge in [-0.25, -0.2) is 4.98 Å². The van der Waals surface area contributed by atoms with E-state index in [9.17, 15) is 4.79 Å². The van der Waals surface area contributed by atoms with Crippen molar-refractivity contribution in [3.63, 3.8) is 0 Å². The van der Waals surface area contributed by atoms with Gasteiger partial charge >= 0.3 is 0 Å². The number of nitrogens with one attached hydrogen (secondary N) is 1. The molecule has 1 heterocycles. The van der Waals surface area contributed by atoms with Crippen LogP contribution in [-0.2, 0) is 7.05 Å². The summed E-state index contributed by atoms with van der Waals surface area (Å²) in [5.41, 5.74) is 1.41. The Morgan fingerprint density at radius 3 is 2.41 bits per heavy atom. The lowest BCUT2D eigenvalue weighted by Gasteiger charge is -2.20. The number of hydrogen-bond acceptors (Lipinski definition) is 4. The van der Waals surface area contributed by atoms with Gasteiger partial charge in [-0.2, -0.15) is 0 Å². The van der Waals surface area contributed by atoms with E-state index in [1.54, 1.807) is 32.5 Å². The van der Waals surface area contributed by atoms with Crippen molar-refractivity contribution in [3.05, 3.63) is 75.4 Å². The molecular formula is C20H20IN3O3. The molecule has 0 saturated carbocycles. The molecule has 0 fully saturated rings. The summed E-state index contributed by atoms with van der Waals surface area (Å²) >= 11 is 2.19. The molecule has 0 spiro atoms. The van der Waals surface area contributed by atoms with Crippen LogP contribution in [-0.4, -0.2) is 29.7 Å². The monoisotopic (exact) mass is 477 g/mol. The number of benzene rings is 2. The molecule has 1 N–H and O–H groups in total. The summed E-state index contributed by atoms with van der Waals surface area (Å²) in [5, 5.41) is 3.09. The molecule has 0 aliphatic heterocycles. The van der Waals surface area contributed by atoms with Gasteiger partial charge in [0.15, 0.2) is 0 Å². The Morgan fingerprint density at radius 2 is 1.85 bits per heavy atom. The smallest absolute Gasteiger partial charge is 0.252 e. The Bertz CT molecular complexity index is 933. The fourth-order valence-corrected chi connectivity index (χ4v) is 3.34. The zero-order valence-corrected chi connectivity index (χ0v) is 17.4. The van der Waals surface area contributed by atoms with Crippen LogP contribution in [0.2, 0.25) is 0 Å². The number of hydrogen-bond donors (Lipinski definition) is 1. The van der Waals surface area contributed by atoms with Crippen LogP contribution in [0.1, 0.15) is 27.8 Å². The van der Waals surface area contributed by atoms with E-state index >= 15 is 0 Å². The van der Waals surface area contributed by atoms with Gasteiger partial charge in [0, 0.05) is 34.6 Å². The molecule has 3 rings (SSSR count). The summed E-state index contributed by atoms with van der Waals surface area (Å²) in [6.07, 6.45) is 3.55. The van der Waals surface area contributed by atoms with Crippen LogP contribution in [0.4, 0.5) is 0 Å². The molecular weight excluding hydrogens is 457 g/mol. The van der Waals surface area contributed by atoms with Crippen molar-refractivity contribution < 1.29 is 14.3 Å². The highest BCUT2D eigenvalue weighted by molar-refractivity contribution is 14.1. The Balaban J connectivity index is 2.02. The Hall–Kier alpha value is -2.55. The number of nitrogens with zero attached hydrogens (tertiary/aromatic N) is 2. The lowest BCUT2D eigenvalue weighted by Crippen LogP contribution is -2.31. The largest absolute Gasteiger partial charge is 0.497 e. The molecule has 0 aliphatic rings. The molecule has 27 heavy (non-hydrogen) atoms. The second-order valence-corrected chi connectivity index (χ2v) is 7.20. The van der Waals surface area contributed by atoms with Crippen molar-refractivity contribution >= 4 is 28.5 Å². The topological polar surface area (TPSA) is 65.4 Å². The van der Waals surface area contributed by atoms with Crippen LogP contribution in [0, 0.1) is 3.57 Å². The van der Waals surface area contributed by atoms with Crippen molar-refractivity contribution in [1.82, 2.24) is 14.9 Å². The highest BCUT2D eigenvalue weighted by Crippen LogP contribution is 2.29. The number of ether oxygens (including phenoxy) is 2. The molecule has 1 atom stereocenters. The van der Waals surface area contributed by atoms with E-state index in [1.807, 2.05) is 48.1 Å². The molecule has 1 amide bonds. The van der Waals surface area contributed by atoms with Gasteiger partial charge in [-0.1, -0.05) is 6.07 Å². The first-order valence-electron chi connectivity index (χ1n) is 8.28. The second-order valence-electron chi connectivity index (χ2n) is 5.96. The summed E-state index contributed by atoms with van der Waals surface area (Å²) in [4.78, 5) is 17.3. The van der Waals surface area contributed by atoms with E-state index in [0.29, 0.717) is 22.9 Å². The summed E-state index contributed by atoms with van der Waals surface area (Å²) < 4.78 is 13.6. The maximum atomic E-state index is 12.9. The zero-order chi connectivity index (χ0) is 19.4. The van der Waals surface area contributed by atoms with Crippen molar-refractivity contribution in [2.45, 2.75) is 6.04 Å². The number of carbonyl (C=O) groups is 1. The number of methoxy groups -OCH3 is 2. The molecule has 0 unspecified atom stereocenters. The SMILES string of the molecule is COc1cc(OC)cc([C@H](NC(=O)c2cccc(I)c2)c2nccn2C)c1. The number of carbonyl (C=O) groups excluding carboxylic acids is 1. The first kappa shape index (κ1) is 19.2. The van der Waals surface area contributed by atoms with Crippen LogP contribution in [0.3, 0.4) is 0 Å². The molecule has 0 aliphatic carbocycles. The molecule has 2 aromatic carbocycles. The molecule has 0 radical (unpaired) electrons. The molecule has 3 aromatic rings. The van der Waals surface area contributed by atoms with Crippen molar-refractivity contribution in [2.24, 2.45) is 7.05 Å². The maximum Gasteiger partial charge on any atom is 0.252 e. The van der Waals surface area contributed by atoms with Gasteiger partial charge in [-0.3, -0.25) is 4.79 Å². The number of aryl methyl sites for hydroxylation is 1. The fourth-order valence-electron chi connectivity index (χ4n) is 2.79. The van der Waals surface area contributed by atoms with Crippen LogP contribution >= 0.6 is 22.6 Å². The standard InChI is InChI=1S/C20H20IN3O3/c1-24-8-7-22-19(24)18(14-10-16(26-2)12-17(11-14)27-3)23-20(25)13-5-4-6-15(21)9-13/h4-12,18H,1-3H3,(H,23,25)/t18-/m0/s1. The quantitative estimate of drug-likeness (QED) is 0.552. The number of aromatic nitrogens is 2. The summed E-state index contributed by atoms with van der Waals surface area (Å²) in [6.45, 7) is 0. The minimum atomic E-state index is -0.459. The van der Waals surface area contributed by atoms with Gasteiger partial charge in [0.25, 0.3) is 5.91 Å². The van der Waals surface area contributed by atoms with Gasteiger partial charge in [0.1, 0.15) is 23.4 Å². The lowest BCUT2D eigenvalue weighted by molar-refractivity contribution is 0.0941. The van der Waals surface area contributed by atoms with Crippen molar-refractivity contribution in [3.8, 4) is 11.5 Å². The van der Waals surface area contributed by atoms with Crippen LogP contribution in [0.5, 0.6) is 11.5 Å². The van der Waals surface area contributed by atoms with E-state index in [1.165, 1.54) is 0 Å². The summed E-state index contributed by atoms with van der Waals surface area (Å²) in [7, 11) is 5.09. The fraction of sp³-hybridized carbons (Fsp3) is 0.200. The second kappa shape index (κ2) is 8.43. The Labute approximate surface area is 171 Å². The Kier molecular flexibility index (Phi) is 6.00. The number of halogens is 1. The molecule has 140 valence electrons. The summed E-state index contributed by atoms with van der Waals surface area (Å²) in [5.74, 6) is 1.83. The van der Waals surface area contributed by atoms with Gasteiger partial charge in [0.2, 0.25) is 0 Å². The number of amides is 1. The minimum Gasteiger partial charge on any atom is -0.497 e. The van der Waals surface area contributed by atoms with E-state index < -0.39 is 6.04 Å². The first-order chi connectivity index (χ1) is 13.0. The number of imidazole rings is 1. The average Bonchev–Trinajstić information content (AvgIpc) is 3.11. The molecule has 1 aromatic heterocycles. The average molecular weight is 477 g/mol. The summed E-state index contributed by atoms with van der Waals surface area (Å²) in [6, 6.07) is 12.5. The van der Waals surface area contributed by atoms with Crippen LogP contribution in [0.15, 0.2) is 54.9 Å². The van der Waals surface area contributed by atoms with E-state index in [0.717, 1.165) is 9.13 Å². The minimum absolute atomic E-state index is 0.177. The van der Waals surface area contributed by atoms with Crippen molar-refractivity contribution in [2.75, 3.05) is 14.2 Å². The first-order valence-corrected chi connectivity index (χ1v) is 9.36. The van der Waals surface area contributed by atoms with Crippen LogP contribution in [0.25, 0.3) is 0 Å². The third kappa shape index (κ3) is 4.41. The molecule has 0 saturated heterocycles. The molecule has 7 heteroatoms. The van der Waals surface area contributed by atoms with Gasteiger partial charge in [0.05, 0.1) is 14.2 Å². The predicted molar refractivity (Wildman–Crippen MR) is 111 cm³/mol. The van der Waals surface area contributed by atoms with Gasteiger partial charge in [-0.05, 0) is 58.5 Å². The van der Waals surface area contributed by atoms with E-state index in [-0.39, 0.29) is 5.91 Å². The van der Waals surface area contributed by atoms with Gasteiger partial charge in [-0.15, -0.1) is 0 Å². The van der Waals surface area contributed by atoms with E-state index in [2.05, 4.69) is 32.9 Å². The lowest BCUT2D eigenvalue weighted by atomic mass is 10.0. The molecule has 6 nitrogen and oxygen atoms in total. The predicted octanol–water partition coefficient (Wildman–Crippen LogP) is 3.56. The third-order valence-corrected chi connectivity index (χ3v) is 4.86.